The number of fused-ring (bicyclic) bond motifs is 1. The van der Waals surface area contributed by atoms with Gasteiger partial charge < -0.3 is 19.5 Å². The van der Waals surface area contributed by atoms with E-state index in [9.17, 15) is 18.0 Å². The summed E-state index contributed by atoms with van der Waals surface area (Å²) in [5.74, 6) is -3.69. The molecule has 10 heteroatoms. The van der Waals surface area contributed by atoms with E-state index in [2.05, 4.69) is 5.32 Å². The number of benzene rings is 1. The number of halogens is 4. The number of carbonyl (C=O) groups excluding carboxylic acids is 1. The average molecular weight is 355 g/mol. The number of hydrogen-bond donors (Lipinski definition) is 2. The van der Waals surface area contributed by atoms with Gasteiger partial charge in [-0.1, -0.05) is 11.6 Å². The molecule has 128 valence electrons. The van der Waals surface area contributed by atoms with E-state index in [0.29, 0.717) is 13.0 Å². The SMILES string of the molecule is COCCCNC(=O)N[C@@]1(C(F)(F)F)Oc2ccc(Cl)cc2O1. The predicted octanol–water partition coefficient (Wildman–Crippen LogP) is 2.66. The van der Waals surface area contributed by atoms with Crippen LogP contribution in [-0.4, -0.2) is 38.4 Å². The van der Waals surface area contributed by atoms with Crippen LogP contribution in [0.5, 0.6) is 11.5 Å². The van der Waals surface area contributed by atoms with Crippen molar-refractivity contribution in [2.75, 3.05) is 20.3 Å². The molecule has 23 heavy (non-hydrogen) atoms. The fourth-order valence-electron chi connectivity index (χ4n) is 1.83. The minimum atomic E-state index is -5.01. The van der Waals surface area contributed by atoms with Crippen molar-refractivity contribution >= 4 is 17.6 Å². The van der Waals surface area contributed by atoms with Crippen molar-refractivity contribution in [1.29, 1.82) is 0 Å². The van der Waals surface area contributed by atoms with Crippen LogP contribution < -0.4 is 20.1 Å². The first-order chi connectivity index (χ1) is 10.8. The highest BCUT2D eigenvalue weighted by molar-refractivity contribution is 6.30. The lowest BCUT2D eigenvalue weighted by Crippen LogP contribution is -2.66. The second-order valence-electron chi connectivity index (χ2n) is 4.64. The molecule has 1 aliphatic rings. The molecule has 1 atom stereocenters. The fourth-order valence-corrected chi connectivity index (χ4v) is 1.99. The maximum Gasteiger partial charge on any atom is 0.492 e. The standard InChI is InChI=1S/C13H14ClF3N2O4/c1-21-6-2-5-18-11(20)19-13(12(15,16)17)22-9-4-3-8(14)7-10(9)23-13/h3-4,7H,2,5-6H2,1H3,(H2,18,19,20)/t13-/m0/s1. The van der Waals surface area contributed by atoms with Crippen LogP contribution in [0.25, 0.3) is 0 Å². The Bertz CT molecular complexity index is 585. The lowest BCUT2D eigenvalue weighted by Gasteiger charge is -2.29. The van der Waals surface area contributed by atoms with Crippen LogP contribution in [0.3, 0.4) is 0 Å². The Kier molecular flexibility index (Phi) is 5.10. The number of methoxy groups -OCH3 is 1. The first-order valence-electron chi connectivity index (χ1n) is 6.57. The van der Waals surface area contributed by atoms with Gasteiger partial charge in [0.05, 0.1) is 0 Å². The van der Waals surface area contributed by atoms with Gasteiger partial charge in [-0.15, -0.1) is 0 Å². The molecule has 0 unspecified atom stereocenters. The van der Waals surface area contributed by atoms with Gasteiger partial charge in [0.2, 0.25) is 0 Å². The number of nitrogens with one attached hydrogen (secondary N) is 2. The van der Waals surface area contributed by atoms with E-state index in [0.717, 1.165) is 0 Å². The van der Waals surface area contributed by atoms with Gasteiger partial charge in [0.25, 0.3) is 0 Å². The molecule has 0 saturated heterocycles. The summed E-state index contributed by atoms with van der Waals surface area (Å²) in [5.41, 5.74) is 0. The number of ether oxygens (including phenoxy) is 3. The number of carbonyl (C=O) groups is 1. The monoisotopic (exact) mass is 354 g/mol. The lowest BCUT2D eigenvalue weighted by atomic mass is 10.3. The van der Waals surface area contributed by atoms with E-state index >= 15 is 0 Å². The molecule has 0 fully saturated rings. The second kappa shape index (κ2) is 6.71. The predicted molar refractivity (Wildman–Crippen MR) is 74.5 cm³/mol. The van der Waals surface area contributed by atoms with Crippen LogP contribution in [0.1, 0.15) is 6.42 Å². The Labute approximate surface area is 134 Å². The van der Waals surface area contributed by atoms with Crippen LogP contribution in [0, 0.1) is 0 Å². The molecule has 0 saturated carbocycles. The number of hydrogen-bond acceptors (Lipinski definition) is 4. The third kappa shape index (κ3) is 3.91. The molecular weight excluding hydrogens is 341 g/mol. The van der Waals surface area contributed by atoms with Crippen molar-refractivity contribution in [3.8, 4) is 11.5 Å². The zero-order valence-corrected chi connectivity index (χ0v) is 12.8. The van der Waals surface area contributed by atoms with Gasteiger partial charge in [0.15, 0.2) is 11.5 Å². The van der Waals surface area contributed by atoms with Crippen molar-refractivity contribution in [1.82, 2.24) is 10.6 Å². The average Bonchev–Trinajstić information content (AvgIpc) is 2.81. The Morgan fingerprint density at radius 1 is 1.35 bits per heavy atom. The maximum absolute atomic E-state index is 13.3. The van der Waals surface area contributed by atoms with Gasteiger partial charge in [-0.2, -0.15) is 13.2 Å². The van der Waals surface area contributed by atoms with Crippen molar-refractivity contribution in [3.05, 3.63) is 23.2 Å². The Hall–Kier alpha value is -1.87. The van der Waals surface area contributed by atoms with Crippen LogP contribution >= 0.6 is 11.6 Å². The zero-order valence-electron chi connectivity index (χ0n) is 12.0. The van der Waals surface area contributed by atoms with E-state index < -0.39 is 18.1 Å². The largest absolute Gasteiger partial charge is 0.492 e. The molecule has 6 nitrogen and oxygen atoms in total. The Morgan fingerprint density at radius 2 is 2.04 bits per heavy atom. The Balaban J connectivity index is 2.09. The molecule has 0 aromatic heterocycles. The molecule has 1 aromatic carbocycles. The molecule has 1 aliphatic heterocycles. The Morgan fingerprint density at radius 3 is 2.70 bits per heavy atom. The van der Waals surface area contributed by atoms with Gasteiger partial charge in [0, 0.05) is 31.4 Å². The summed E-state index contributed by atoms with van der Waals surface area (Å²) in [4.78, 5) is 11.7. The maximum atomic E-state index is 13.3. The van der Waals surface area contributed by atoms with Crippen LogP contribution in [-0.2, 0) is 4.74 Å². The van der Waals surface area contributed by atoms with Crippen molar-refractivity contribution in [2.45, 2.75) is 18.5 Å². The third-order valence-electron chi connectivity index (χ3n) is 2.88. The van der Waals surface area contributed by atoms with Gasteiger partial charge >= 0.3 is 18.1 Å². The number of amides is 2. The number of urea groups is 1. The molecule has 2 amide bonds. The summed E-state index contributed by atoms with van der Waals surface area (Å²) < 4.78 is 54.4. The van der Waals surface area contributed by atoms with Gasteiger partial charge in [-0.25, -0.2) is 4.79 Å². The highest BCUT2D eigenvalue weighted by Gasteiger charge is 2.65. The van der Waals surface area contributed by atoms with E-state index in [1.165, 1.54) is 25.3 Å². The molecule has 2 N–H and O–H groups in total. The molecule has 0 aliphatic carbocycles. The fraction of sp³-hybridized carbons (Fsp3) is 0.462. The minimum absolute atomic E-state index is 0.131. The minimum Gasteiger partial charge on any atom is -0.424 e. The zero-order chi connectivity index (χ0) is 17.1. The molecule has 0 bridgehead atoms. The van der Waals surface area contributed by atoms with Gasteiger partial charge in [-0.05, 0) is 18.6 Å². The van der Waals surface area contributed by atoms with E-state index in [4.69, 9.17) is 25.8 Å². The topological polar surface area (TPSA) is 68.8 Å². The lowest BCUT2D eigenvalue weighted by molar-refractivity contribution is -0.317. The quantitative estimate of drug-likeness (QED) is 0.798. The molecule has 0 radical (unpaired) electrons. The smallest absolute Gasteiger partial charge is 0.424 e. The highest BCUT2D eigenvalue weighted by Crippen LogP contribution is 2.45. The summed E-state index contributed by atoms with van der Waals surface area (Å²) in [7, 11) is 1.47. The molecular formula is C13H14ClF3N2O4. The van der Waals surface area contributed by atoms with Crippen LogP contribution in [0.2, 0.25) is 5.02 Å². The van der Waals surface area contributed by atoms with Crippen molar-refractivity contribution in [2.24, 2.45) is 0 Å². The van der Waals surface area contributed by atoms with Gasteiger partial charge in [0.1, 0.15) is 0 Å². The van der Waals surface area contributed by atoms with Crippen molar-refractivity contribution < 1.29 is 32.2 Å². The van der Waals surface area contributed by atoms with E-state index in [-0.39, 0.29) is 23.1 Å². The first kappa shape index (κ1) is 17.5. The molecule has 0 spiro atoms. The first-order valence-corrected chi connectivity index (χ1v) is 6.94. The number of rotatable bonds is 5. The second-order valence-corrected chi connectivity index (χ2v) is 5.07. The van der Waals surface area contributed by atoms with E-state index in [1.807, 2.05) is 0 Å². The number of alkyl halides is 3. The summed E-state index contributed by atoms with van der Waals surface area (Å²) in [6, 6.07) is 2.66. The van der Waals surface area contributed by atoms with Crippen LogP contribution in [0.4, 0.5) is 18.0 Å². The summed E-state index contributed by atoms with van der Waals surface area (Å²) in [5, 5.41) is 4.11. The summed E-state index contributed by atoms with van der Waals surface area (Å²) in [6.07, 6.45) is -4.57. The third-order valence-corrected chi connectivity index (χ3v) is 3.11. The summed E-state index contributed by atoms with van der Waals surface area (Å²) in [6.45, 7) is 0.494. The van der Waals surface area contributed by atoms with Crippen LogP contribution in [0.15, 0.2) is 18.2 Å². The molecule has 1 heterocycles. The molecule has 1 aromatic rings. The van der Waals surface area contributed by atoms with E-state index in [1.54, 1.807) is 5.32 Å². The molecule has 2 rings (SSSR count). The summed E-state index contributed by atoms with van der Waals surface area (Å²) >= 11 is 5.71. The van der Waals surface area contributed by atoms with Crippen molar-refractivity contribution in [3.63, 3.8) is 0 Å². The normalized spacial score (nSPS) is 19.5. The highest BCUT2D eigenvalue weighted by atomic mass is 35.5. The van der Waals surface area contributed by atoms with Gasteiger partial charge in [-0.3, -0.25) is 5.32 Å².